The summed E-state index contributed by atoms with van der Waals surface area (Å²) >= 11 is 0. The zero-order valence-electron chi connectivity index (χ0n) is 15.1. The minimum absolute atomic E-state index is 0.215. The molecule has 1 aliphatic heterocycles. The van der Waals surface area contributed by atoms with E-state index in [1.807, 2.05) is 0 Å². The quantitative estimate of drug-likeness (QED) is 0.353. The number of unbranched alkanes of at least 4 members (excludes halogenated alkanes) is 7. The van der Waals surface area contributed by atoms with E-state index in [-0.39, 0.29) is 13.2 Å². The van der Waals surface area contributed by atoms with E-state index in [0.29, 0.717) is 6.61 Å². The third-order valence-electron chi connectivity index (χ3n) is 4.50. The van der Waals surface area contributed by atoms with E-state index >= 15 is 0 Å². The molecule has 0 saturated carbocycles. The van der Waals surface area contributed by atoms with Crippen molar-refractivity contribution in [1.82, 2.24) is 0 Å². The molecule has 1 saturated heterocycles. The lowest BCUT2D eigenvalue weighted by Crippen LogP contribution is -2.55. The Morgan fingerprint density at radius 1 is 0.958 bits per heavy atom. The van der Waals surface area contributed by atoms with Crippen molar-refractivity contribution in [2.24, 2.45) is 0 Å². The van der Waals surface area contributed by atoms with E-state index in [0.717, 1.165) is 19.3 Å². The van der Waals surface area contributed by atoms with Gasteiger partial charge in [0.1, 0.15) is 24.4 Å². The predicted molar refractivity (Wildman–Crippen MR) is 94.9 cm³/mol. The van der Waals surface area contributed by atoms with Crippen LogP contribution in [0, 0.1) is 0 Å². The number of aliphatic hydroxyl groups is 3. The first-order valence-electron chi connectivity index (χ1n) is 9.55. The van der Waals surface area contributed by atoms with Crippen molar-refractivity contribution >= 4 is 0 Å². The molecular weight excluding hydrogens is 308 g/mol. The summed E-state index contributed by atoms with van der Waals surface area (Å²) in [5.41, 5.74) is 0. The van der Waals surface area contributed by atoms with Crippen LogP contribution in [-0.4, -0.2) is 59.6 Å². The van der Waals surface area contributed by atoms with Gasteiger partial charge < -0.3 is 24.8 Å². The zero-order valence-corrected chi connectivity index (χ0v) is 15.1. The van der Waals surface area contributed by atoms with E-state index in [2.05, 4.69) is 19.1 Å². The SMILES string of the molecule is CCCCC/C=C/CCCCCCO[C@@H]1CO[C@@H](CO)[C@H](O)[C@H]1O. The number of rotatable bonds is 13. The third kappa shape index (κ3) is 8.58. The first-order chi connectivity index (χ1) is 11.7. The number of hydrogen-bond donors (Lipinski definition) is 3. The van der Waals surface area contributed by atoms with Crippen LogP contribution in [0.25, 0.3) is 0 Å². The molecule has 1 heterocycles. The van der Waals surface area contributed by atoms with Crippen LogP contribution in [0.1, 0.15) is 64.7 Å². The van der Waals surface area contributed by atoms with Crippen LogP contribution >= 0.6 is 0 Å². The van der Waals surface area contributed by atoms with Crippen molar-refractivity contribution in [3.63, 3.8) is 0 Å². The molecule has 5 heteroatoms. The third-order valence-corrected chi connectivity index (χ3v) is 4.50. The van der Waals surface area contributed by atoms with Crippen molar-refractivity contribution in [2.75, 3.05) is 19.8 Å². The van der Waals surface area contributed by atoms with E-state index in [1.54, 1.807) is 0 Å². The second kappa shape index (κ2) is 13.8. The lowest BCUT2D eigenvalue weighted by molar-refractivity contribution is -0.208. The number of ether oxygens (including phenoxy) is 2. The van der Waals surface area contributed by atoms with E-state index in [4.69, 9.17) is 14.6 Å². The van der Waals surface area contributed by atoms with Crippen molar-refractivity contribution < 1.29 is 24.8 Å². The summed E-state index contributed by atoms with van der Waals surface area (Å²) in [7, 11) is 0. The number of hydrogen-bond acceptors (Lipinski definition) is 5. The van der Waals surface area contributed by atoms with Gasteiger partial charge in [0, 0.05) is 6.61 Å². The summed E-state index contributed by atoms with van der Waals surface area (Å²) < 4.78 is 10.9. The summed E-state index contributed by atoms with van der Waals surface area (Å²) in [6.45, 7) is 2.71. The molecule has 24 heavy (non-hydrogen) atoms. The van der Waals surface area contributed by atoms with Gasteiger partial charge in [-0.3, -0.25) is 0 Å². The average Bonchev–Trinajstić information content (AvgIpc) is 2.59. The molecule has 0 spiro atoms. The molecule has 0 aromatic rings. The molecule has 3 N–H and O–H groups in total. The lowest BCUT2D eigenvalue weighted by Gasteiger charge is -2.36. The Hall–Kier alpha value is -0.460. The molecule has 1 aliphatic rings. The largest absolute Gasteiger partial charge is 0.394 e. The normalized spacial score (nSPS) is 27.8. The van der Waals surface area contributed by atoms with Crippen LogP contribution in [-0.2, 0) is 9.47 Å². The number of allylic oxidation sites excluding steroid dienone is 2. The minimum Gasteiger partial charge on any atom is -0.394 e. The Morgan fingerprint density at radius 2 is 1.62 bits per heavy atom. The van der Waals surface area contributed by atoms with Gasteiger partial charge in [0.05, 0.1) is 13.2 Å². The molecule has 4 atom stereocenters. The second-order valence-corrected chi connectivity index (χ2v) is 6.61. The maximum absolute atomic E-state index is 9.94. The van der Waals surface area contributed by atoms with Gasteiger partial charge in [-0.25, -0.2) is 0 Å². The van der Waals surface area contributed by atoms with Crippen LogP contribution < -0.4 is 0 Å². The van der Waals surface area contributed by atoms with Crippen molar-refractivity contribution in [2.45, 2.75) is 89.1 Å². The van der Waals surface area contributed by atoms with Gasteiger partial charge in [-0.1, -0.05) is 44.8 Å². The first kappa shape index (κ1) is 21.6. The number of aliphatic hydroxyl groups excluding tert-OH is 3. The molecule has 0 amide bonds. The van der Waals surface area contributed by atoms with Crippen LogP contribution in [0.4, 0.5) is 0 Å². The molecular formula is C19H36O5. The maximum atomic E-state index is 9.94. The van der Waals surface area contributed by atoms with Crippen LogP contribution in [0.3, 0.4) is 0 Å². The van der Waals surface area contributed by atoms with Gasteiger partial charge in [0.25, 0.3) is 0 Å². The standard InChI is InChI=1S/C19H36O5/c1-2-3-4-5-6-7-8-9-10-11-12-13-23-17-15-24-16(14-20)18(21)19(17)22/h6-7,16-22H,2-5,8-15H2,1H3/b7-6+/t16-,17+,18-,19-/m0/s1. The molecule has 142 valence electrons. The molecule has 0 bridgehead atoms. The zero-order chi connectivity index (χ0) is 17.6. The van der Waals surface area contributed by atoms with Gasteiger partial charge in [-0.05, 0) is 32.1 Å². The van der Waals surface area contributed by atoms with Gasteiger partial charge >= 0.3 is 0 Å². The predicted octanol–water partition coefficient (Wildman–Crippen LogP) is 2.57. The molecule has 5 nitrogen and oxygen atoms in total. The topological polar surface area (TPSA) is 79.2 Å². The highest BCUT2D eigenvalue weighted by Gasteiger charge is 2.38. The Kier molecular flexibility index (Phi) is 12.4. The molecule has 1 fully saturated rings. The lowest BCUT2D eigenvalue weighted by atomic mass is 10.0. The molecule has 1 rings (SSSR count). The van der Waals surface area contributed by atoms with E-state index in [9.17, 15) is 10.2 Å². The summed E-state index contributed by atoms with van der Waals surface area (Å²) in [5, 5.41) is 28.7. The highest BCUT2D eigenvalue weighted by molar-refractivity contribution is 4.87. The molecule has 0 aromatic heterocycles. The molecule has 0 aromatic carbocycles. The van der Waals surface area contributed by atoms with Crippen LogP contribution in [0.2, 0.25) is 0 Å². The Labute approximate surface area is 146 Å². The second-order valence-electron chi connectivity index (χ2n) is 6.61. The van der Waals surface area contributed by atoms with Gasteiger partial charge in [0.2, 0.25) is 0 Å². The summed E-state index contributed by atoms with van der Waals surface area (Å²) in [6.07, 6.45) is 12.0. The van der Waals surface area contributed by atoms with Gasteiger partial charge in [0.15, 0.2) is 0 Å². The maximum Gasteiger partial charge on any atom is 0.111 e. The monoisotopic (exact) mass is 344 g/mol. The van der Waals surface area contributed by atoms with Crippen molar-refractivity contribution in [3.8, 4) is 0 Å². The Morgan fingerprint density at radius 3 is 2.29 bits per heavy atom. The Bertz CT molecular complexity index is 321. The Balaban J connectivity index is 1.95. The van der Waals surface area contributed by atoms with Crippen molar-refractivity contribution in [1.29, 1.82) is 0 Å². The summed E-state index contributed by atoms with van der Waals surface area (Å²) in [6, 6.07) is 0. The smallest absolute Gasteiger partial charge is 0.111 e. The fourth-order valence-corrected chi connectivity index (χ4v) is 2.86. The summed E-state index contributed by atoms with van der Waals surface area (Å²) in [5.74, 6) is 0. The summed E-state index contributed by atoms with van der Waals surface area (Å²) in [4.78, 5) is 0. The molecule has 0 unspecified atom stereocenters. The highest BCUT2D eigenvalue weighted by atomic mass is 16.6. The van der Waals surface area contributed by atoms with E-state index < -0.39 is 24.4 Å². The van der Waals surface area contributed by atoms with Gasteiger partial charge in [-0.2, -0.15) is 0 Å². The molecule has 0 radical (unpaired) electrons. The van der Waals surface area contributed by atoms with Crippen LogP contribution in [0.15, 0.2) is 12.2 Å². The van der Waals surface area contributed by atoms with Gasteiger partial charge in [-0.15, -0.1) is 0 Å². The van der Waals surface area contributed by atoms with Crippen LogP contribution in [0.5, 0.6) is 0 Å². The van der Waals surface area contributed by atoms with E-state index in [1.165, 1.54) is 38.5 Å². The first-order valence-corrected chi connectivity index (χ1v) is 9.55. The fraction of sp³-hybridized carbons (Fsp3) is 0.895. The highest BCUT2D eigenvalue weighted by Crippen LogP contribution is 2.18. The van der Waals surface area contributed by atoms with Crippen molar-refractivity contribution in [3.05, 3.63) is 12.2 Å². The minimum atomic E-state index is -1.09. The average molecular weight is 344 g/mol. The molecule has 0 aliphatic carbocycles. The fourth-order valence-electron chi connectivity index (χ4n) is 2.86.